The number of nitrogens with zero attached hydrogens (tertiary/aromatic N) is 1. The van der Waals surface area contributed by atoms with Crippen molar-refractivity contribution in [3.8, 4) is 0 Å². The van der Waals surface area contributed by atoms with Gasteiger partial charge < -0.3 is 10.0 Å². The highest BCUT2D eigenvalue weighted by atomic mass is 32.2. The van der Waals surface area contributed by atoms with Gasteiger partial charge in [-0.1, -0.05) is 0 Å². The normalized spacial score (nSPS) is 21.2. The van der Waals surface area contributed by atoms with Crippen molar-refractivity contribution in [1.82, 2.24) is 4.90 Å². The Balaban J connectivity index is 2.68. The van der Waals surface area contributed by atoms with Gasteiger partial charge in [0.15, 0.2) is 9.84 Å². The van der Waals surface area contributed by atoms with Gasteiger partial charge in [-0.3, -0.25) is 4.79 Å². The van der Waals surface area contributed by atoms with Crippen molar-refractivity contribution in [2.24, 2.45) is 0 Å². The van der Waals surface area contributed by atoms with Crippen LogP contribution in [0.2, 0.25) is 0 Å². The number of sulfone groups is 1. The fraction of sp³-hybridized carbons (Fsp3) is 0.800. The SMILES string of the molecule is CC(C)S(=O)(=O)CCN1C(=O)CCC1C(=O)O. The third-order valence-electron chi connectivity index (χ3n) is 2.95. The van der Waals surface area contributed by atoms with Crippen LogP contribution < -0.4 is 0 Å². The number of carboxylic acids is 1. The van der Waals surface area contributed by atoms with Crippen molar-refractivity contribution in [2.75, 3.05) is 12.3 Å². The van der Waals surface area contributed by atoms with Crippen LogP contribution in [0.25, 0.3) is 0 Å². The molecular formula is C10H17NO5S. The van der Waals surface area contributed by atoms with Gasteiger partial charge in [-0.15, -0.1) is 0 Å². The average molecular weight is 263 g/mol. The van der Waals surface area contributed by atoms with E-state index in [0.717, 1.165) is 4.90 Å². The molecule has 1 heterocycles. The molecule has 0 radical (unpaired) electrons. The van der Waals surface area contributed by atoms with E-state index in [-0.39, 0.29) is 31.0 Å². The molecule has 1 aliphatic heterocycles. The quantitative estimate of drug-likeness (QED) is 0.747. The minimum Gasteiger partial charge on any atom is -0.480 e. The Kier molecular flexibility index (Phi) is 4.13. The zero-order valence-corrected chi connectivity index (χ0v) is 10.7. The van der Waals surface area contributed by atoms with E-state index < -0.39 is 27.1 Å². The number of aliphatic carboxylic acids is 1. The number of hydrogen-bond donors (Lipinski definition) is 1. The van der Waals surface area contributed by atoms with Crippen LogP contribution in [0.15, 0.2) is 0 Å². The molecule has 1 atom stereocenters. The lowest BCUT2D eigenvalue weighted by Crippen LogP contribution is -2.41. The van der Waals surface area contributed by atoms with Gasteiger partial charge in [-0.05, 0) is 20.3 Å². The highest BCUT2D eigenvalue weighted by molar-refractivity contribution is 7.92. The van der Waals surface area contributed by atoms with E-state index in [1.165, 1.54) is 0 Å². The summed E-state index contributed by atoms with van der Waals surface area (Å²) < 4.78 is 23.2. The Morgan fingerprint density at radius 1 is 1.53 bits per heavy atom. The Bertz CT molecular complexity index is 414. The van der Waals surface area contributed by atoms with Crippen molar-refractivity contribution in [2.45, 2.75) is 38.0 Å². The first-order valence-corrected chi connectivity index (χ1v) is 7.21. The number of carbonyl (C=O) groups excluding carboxylic acids is 1. The number of rotatable bonds is 5. The summed E-state index contributed by atoms with van der Waals surface area (Å²) in [6.45, 7) is 3.10. The molecule has 0 bridgehead atoms. The summed E-state index contributed by atoms with van der Waals surface area (Å²) in [7, 11) is -3.25. The highest BCUT2D eigenvalue weighted by Crippen LogP contribution is 2.19. The van der Waals surface area contributed by atoms with Gasteiger partial charge in [-0.2, -0.15) is 0 Å². The number of carboxylic acid groups (broad SMARTS) is 1. The molecule has 1 N–H and O–H groups in total. The summed E-state index contributed by atoms with van der Waals surface area (Å²) in [5, 5.41) is 8.39. The molecule has 1 fully saturated rings. The van der Waals surface area contributed by atoms with E-state index in [4.69, 9.17) is 5.11 Å². The monoisotopic (exact) mass is 263 g/mol. The molecule has 1 saturated heterocycles. The zero-order chi connectivity index (χ0) is 13.2. The van der Waals surface area contributed by atoms with Gasteiger partial charge in [0, 0.05) is 13.0 Å². The van der Waals surface area contributed by atoms with Gasteiger partial charge in [0.25, 0.3) is 0 Å². The fourth-order valence-corrected chi connectivity index (χ4v) is 2.65. The first-order chi connectivity index (χ1) is 7.75. The number of likely N-dealkylation sites (tertiary alicyclic amines) is 1. The molecule has 0 spiro atoms. The second-order valence-corrected chi connectivity index (χ2v) is 7.07. The highest BCUT2D eigenvalue weighted by Gasteiger charge is 2.36. The maximum atomic E-state index is 11.6. The second kappa shape index (κ2) is 5.03. The summed E-state index contributed by atoms with van der Waals surface area (Å²) >= 11 is 0. The van der Waals surface area contributed by atoms with E-state index in [0.29, 0.717) is 0 Å². The number of carbonyl (C=O) groups is 2. The summed E-state index contributed by atoms with van der Waals surface area (Å²) in [6, 6.07) is -0.870. The van der Waals surface area contributed by atoms with Crippen LogP contribution in [-0.2, 0) is 19.4 Å². The molecule has 0 aliphatic carbocycles. The molecule has 1 aliphatic rings. The van der Waals surface area contributed by atoms with E-state index in [1.807, 2.05) is 0 Å². The van der Waals surface area contributed by atoms with Crippen LogP contribution in [0.1, 0.15) is 26.7 Å². The topological polar surface area (TPSA) is 91.8 Å². The summed E-state index contributed by atoms with van der Waals surface area (Å²) in [5.74, 6) is -1.53. The Morgan fingerprint density at radius 3 is 2.59 bits per heavy atom. The van der Waals surface area contributed by atoms with Crippen molar-refractivity contribution < 1.29 is 23.1 Å². The van der Waals surface area contributed by atoms with Crippen molar-refractivity contribution >= 4 is 21.7 Å². The van der Waals surface area contributed by atoms with Crippen molar-refractivity contribution in [3.05, 3.63) is 0 Å². The molecule has 1 amide bonds. The molecule has 0 aromatic carbocycles. The van der Waals surface area contributed by atoms with Crippen LogP contribution in [0.3, 0.4) is 0 Å². The lowest BCUT2D eigenvalue weighted by molar-refractivity contribution is -0.146. The van der Waals surface area contributed by atoms with Gasteiger partial charge in [0.1, 0.15) is 6.04 Å². The molecule has 0 saturated carbocycles. The molecule has 0 aromatic heterocycles. The summed E-state index contributed by atoms with van der Waals surface area (Å²) in [4.78, 5) is 23.5. The van der Waals surface area contributed by atoms with Crippen LogP contribution in [-0.4, -0.2) is 53.9 Å². The maximum absolute atomic E-state index is 11.6. The minimum absolute atomic E-state index is 0.0314. The molecule has 17 heavy (non-hydrogen) atoms. The summed E-state index contributed by atoms with van der Waals surface area (Å²) in [6.07, 6.45) is 0.439. The molecule has 6 nitrogen and oxygen atoms in total. The Hall–Kier alpha value is -1.11. The van der Waals surface area contributed by atoms with E-state index in [2.05, 4.69) is 0 Å². The van der Waals surface area contributed by atoms with E-state index >= 15 is 0 Å². The fourth-order valence-electron chi connectivity index (χ4n) is 1.73. The third kappa shape index (κ3) is 3.18. The van der Waals surface area contributed by atoms with Crippen LogP contribution in [0.5, 0.6) is 0 Å². The van der Waals surface area contributed by atoms with Gasteiger partial charge in [0.2, 0.25) is 5.91 Å². The van der Waals surface area contributed by atoms with Gasteiger partial charge in [-0.25, -0.2) is 13.2 Å². The Morgan fingerprint density at radius 2 is 2.12 bits per heavy atom. The van der Waals surface area contributed by atoms with Gasteiger partial charge in [0.05, 0.1) is 11.0 Å². The lowest BCUT2D eigenvalue weighted by Gasteiger charge is -2.21. The molecule has 7 heteroatoms. The predicted molar refractivity (Wildman–Crippen MR) is 61.3 cm³/mol. The lowest BCUT2D eigenvalue weighted by atomic mass is 10.2. The van der Waals surface area contributed by atoms with Crippen molar-refractivity contribution in [3.63, 3.8) is 0 Å². The molecule has 1 unspecified atom stereocenters. The molecule has 0 aromatic rings. The summed E-state index contributed by atoms with van der Waals surface area (Å²) in [5.41, 5.74) is 0. The van der Waals surface area contributed by atoms with Crippen molar-refractivity contribution in [1.29, 1.82) is 0 Å². The van der Waals surface area contributed by atoms with Crippen LogP contribution in [0.4, 0.5) is 0 Å². The smallest absolute Gasteiger partial charge is 0.326 e. The van der Waals surface area contributed by atoms with Gasteiger partial charge >= 0.3 is 5.97 Å². The predicted octanol–water partition coefficient (Wildman–Crippen LogP) is -0.115. The van der Waals surface area contributed by atoms with Crippen LogP contribution in [0, 0.1) is 0 Å². The maximum Gasteiger partial charge on any atom is 0.326 e. The zero-order valence-electron chi connectivity index (χ0n) is 9.92. The van der Waals surface area contributed by atoms with Crippen LogP contribution >= 0.6 is 0 Å². The molecule has 1 rings (SSSR count). The minimum atomic E-state index is -3.25. The first-order valence-electron chi connectivity index (χ1n) is 5.49. The first kappa shape index (κ1) is 14.0. The van der Waals surface area contributed by atoms with E-state index in [9.17, 15) is 18.0 Å². The average Bonchev–Trinajstić information content (AvgIpc) is 2.56. The standard InChI is InChI=1S/C10H17NO5S/c1-7(2)17(15,16)6-5-11-8(10(13)14)3-4-9(11)12/h7-8H,3-6H2,1-2H3,(H,13,14). The Labute approximate surface area is 101 Å². The third-order valence-corrected chi connectivity index (χ3v) is 5.14. The molecular weight excluding hydrogens is 246 g/mol. The number of hydrogen-bond acceptors (Lipinski definition) is 4. The number of amides is 1. The second-order valence-electron chi connectivity index (χ2n) is 4.40. The largest absolute Gasteiger partial charge is 0.480 e. The van der Waals surface area contributed by atoms with E-state index in [1.54, 1.807) is 13.8 Å². The molecule has 98 valence electrons.